The van der Waals surface area contributed by atoms with Crippen LogP contribution < -0.4 is 10.6 Å². The van der Waals surface area contributed by atoms with Gasteiger partial charge in [-0.2, -0.15) is 5.11 Å². The minimum atomic E-state index is -3.78. The third kappa shape index (κ3) is 4.54. The van der Waals surface area contributed by atoms with Gasteiger partial charge in [-0.25, -0.2) is 17.8 Å². The van der Waals surface area contributed by atoms with Gasteiger partial charge in [0.15, 0.2) is 16.6 Å². The van der Waals surface area contributed by atoms with Gasteiger partial charge in [-0.1, -0.05) is 6.08 Å². The molecular weight excluding hydrogens is 415 g/mol. The number of sulfone groups is 1. The minimum Gasteiger partial charge on any atom is -0.361 e. The van der Waals surface area contributed by atoms with Gasteiger partial charge in [-0.3, -0.25) is 10.2 Å². The molecule has 0 unspecified atom stereocenters. The summed E-state index contributed by atoms with van der Waals surface area (Å²) in [6.07, 6.45) is 1.43. The topological polar surface area (TPSA) is 146 Å². The zero-order chi connectivity index (χ0) is 22.7. The van der Waals surface area contributed by atoms with Crippen LogP contribution in [-0.4, -0.2) is 49.5 Å². The largest absolute Gasteiger partial charge is 0.361 e. The first kappa shape index (κ1) is 23.5. The number of ether oxygens (including phenoxy) is 1. The van der Waals surface area contributed by atoms with Crippen LogP contribution in [0.3, 0.4) is 0 Å². The van der Waals surface area contributed by atoms with E-state index >= 15 is 0 Å². The van der Waals surface area contributed by atoms with Crippen LogP contribution in [0.4, 0.5) is 10.2 Å². The molecule has 1 aliphatic heterocycles. The van der Waals surface area contributed by atoms with E-state index in [2.05, 4.69) is 25.8 Å². The van der Waals surface area contributed by atoms with Gasteiger partial charge < -0.3 is 15.4 Å². The average Bonchev–Trinajstić information content (AvgIpc) is 2.65. The number of allylic oxidation sites excluding steroid dienone is 1. The quantitative estimate of drug-likeness (QED) is 0.456. The third-order valence-corrected chi connectivity index (χ3v) is 7.46. The van der Waals surface area contributed by atoms with E-state index in [0.717, 1.165) is 6.07 Å². The van der Waals surface area contributed by atoms with Crippen molar-refractivity contribution in [1.82, 2.24) is 10.3 Å². The van der Waals surface area contributed by atoms with Gasteiger partial charge >= 0.3 is 0 Å². The second-order valence-corrected chi connectivity index (χ2v) is 9.95. The minimum absolute atomic E-state index is 0.00511. The molecule has 12 heteroatoms. The number of amidine groups is 1. The number of pyridine rings is 1. The van der Waals surface area contributed by atoms with E-state index in [1.807, 2.05) is 0 Å². The number of hydrogen-bond acceptors (Lipinski definition) is 8. The van der Waals surface area contributed by atoms with Crippen molar-refractivity contribution in [3.63, 3.8) is 0 Å². The molecule has 10 nitrogen and oxygen atoms in total. The predicted octanol–water partition coefficient (Wildman–Crippen LogP) is 2.11. The number of hydrogen-bond donors (Lipinski definition) is 3. The zero-order valence-electron chi connectivity index (χ0n) is 17.4. The van der Waals surface area contributed by atoms with Crippen LogP contribution >= 0.6 is 0 Å². The van der Waals surface area contributed by atoms with Crippen LogP contribution in [0.25, 0.3) is 0 Å². The van der Waals surface area contributed by atoms with Gasteiger partial charge in [0.1, 0.15) is 33.6 Å². The molecule has 1 amide bonds. The number of nitrogens with one attached hydrogen (secondary N) is 3. The molecule has 3 N–H and O–H groups in total. The summed E-state index contributed by atoms with van der Waals surface area (Å²) in [7, 11) is -2.35. The number of azo groups is 1. The summed E-state index contributed by atoms with van der Waals surface area (Å²) < 4.78 is 43.3. The van der Waals surface area contributed by atoms with Crippen LogP contribution in [-0.2, 0) is 24.9 Å². The fourth-order valence-corrected chi connectivity index (χ4v) is 4.47. The first-order valence-electron chi connectivity index (χ1n) is 8.98. The second kappa shape index (κ2) is 8.56. The Bertz CT molecular complexity index is 1020. The Hall–Kier alpha value is -2.73. The van der Waals surface area contributed by atoms with E-state index in [-0.39, 0.29) is 29.8 Å². The number of aromatic nitrogens is 1. The Morgan fingerprint density at radius 3 is 2.67 bits per heavy atom. The highest BCUT2D eigenvalue weighted by molar-refractivity contribution is 7.93. The molecule has 1 atom stereocenters. The van der Waals surface area contributed by atoms with Crippen molar-refractivity contribution in [2.24, 2.45) is 10.2 Å². The van der Waals surface area contributed by atoms with E-state index < -0.39 is 37.6 Å². The summed E-state index contributed by atoms with van der Waals surface area (Å²) in [4.78, 5) is 16.5. The molecule has 0 spiro atoms. The molecule has 0 saturated carbocycles. The molecule has 1 fully saturated rings. The Kier molecular flexibility index (Phi) is 6.72. The lowest BCUT2D eigenvalue weighted by Gasteiger charge is -2.42. The van der Waals surface area contributed by atoms with Crippen molar-refractivity contribution in [3.8, 4) is 0 Å². The summed E-state index contributed by atoms with van der Waals surface area (Å²) in [6, 6.07) is 2.31. The molecule has 1 saturated heterocycles. The monoisotopic (exact) mass is 440 g/mol. The molecule has 1 aromatic rings. The van der Waals surface area contributed by atoms with Crippen molar-refractivity contribution >= 4 is 27.4 Å². The summed E-state index contributed by atoms with van der Waals surface area (Å²) in [5.41, 5.74) is -1.72. The Balaban J connectivity index is 2.36. The maximum atomic E-state index is 14.6. The van der Waals surface area contributed by atoms with Gasteiger partial charge in [-0.15, -0.1) is 5.11 Å². The van der Waals surface area contributed by atoms with Crippen LogP contribution in [0.1, 0.15) is 33.4 Å². The second-order valence-electron chi connectivity index (χ2n) is 7.42. The SMILES string of the molecule is C/C=C(\N=N/COC)C(=O)Nc1ccc(F)c([C@]2(C)CS(=O)(=O)C(C)(C)C(=N)N2)n1. The lowest BCUT2D eigenvalue weighted by atomic mass is 9.96. The first-order valence-corrected chi connectivity index (χ1v) is 10.6. The molecule has 30 heavy (non-hydrogen) atoms. The normalized spacial score (nSPS) is 23.3. The Labute approximate surface area is 174 Å². The molecule has 0 radical (unpaired) electrons. The van der Waals surface area contributed by atoms with Crippen LogP contribution in [0, 0.1) is 11.2 Å². The Morgan fingerprint density at radius 2 is 2.10 bits per heavy atom. The highest BCUT2D eigenvalue weighted by Crippen LogP contribution is 2.34. The molecule has 0 bridgehead atoms. The number of nitrogens with zero attached hydrogens (tertiary/aromatic N) is 3. The van der Waals surface area contributed by atoms with E-state index in [9.17, 15) is 17.6 Å². The lowest BCUT2D eigenvalue weighted by molar-refractivity contribution is -0.113. The summed E-state index contributed by atoms with van der Waals surface area (Å²) >= 11 is 0. The maximum Gasteiger partial charge on any atom is 0.276 e. The predicted molar refractivity (Wildman–Crippen MR) is 109 cm³/mol. The van der Waals surface area contributed by atoms with Crippen molar-refractivity contribution in [2.45, 2.75) is 38.0 Å². The summed E-state index contributed by atoms with van der Waals surface area (Å²) in [5, 5.41) is 20.8. The van der Waals surface area contributed by atoms with Crippen molar-refractivity contribution in [2.75, 3.05) is 24.9 Å². The van der Waals surface area contributed by atoms with Crippen molar-refractivity contribution in [3.05, 3.63) is 35.4 Å². The van der Waals surface area contributed by atoms with Crippen LogP contribution in [0.5, 0.6) is 0 Å². The number of methoxy groups -OCH3 is 1. The fourth-order valence-electron chi connectivity index (χ4n) is 2.78. The molecule has 164 valence electrons. The zero-order valence-corrected chi connectivity index (χ0v) is 18.2. The van der Waals surface area contributed by atoms with Gasteiger partial charge in [0.25, 0.3) is 5.91 Å². The number of anilines is 1. The highest BCUT2D eigenvalue weighted by Gasteiger charge is 2.51. The van der Waals surface area contributed by atoms with Crippen LogP contribution in [0.2, 0.25) is 0 Å². The molecule has 0 aromatic carbocycles. The molecule has 1 aliphatic rings. The molecule has 2 rings (SSSR count). The highest BCUT2D eigenvalue weighted by atomic mass is 32.2. The maximum absolute atomic E-state index is 14.6. The van der Waals surface area contributed by atoms with Gasteiger partial charge in [0.05, 0.1) is 11.3 Å². The lowest BCUT2D eigenvalue weighted by Crippen LogP contribution is -2.64. The molecule has 0 aliphatic carbocycles. The standard InChI is InChI=1S/C18H25FN6O4S/c1-6-12(25-21-10-29-5)15(26)23-13-8-7-11(19)14(22-13)18(4)9-30(27,28)17(2,3)16(20)24-18/h6-8H,9-10H2,1-5H3,(H2,20,24)(H,22,23,26)/b12-6-,25-21-/t18-/m0/s1. The number of halogens is 1. The van der Waals surface area contributed by atoms with E-state index in [0.29, 0.717) is 0 Å². The van der Waals surface area contributed by atoms with Gasteiger partial charge in [0.2, 0.25) is 0 Å². The summed E-state index contributed by atoms with van der Waals surface area (Å²) in [6.45, 7) is 5.84. The Morgan fingerprint density at radius 1 is 1.43 bits per heavy atom. The molecule has 2 heterocycles. The van der Waals surface area contributed by atoms with Crippen molar-refractivity contribution < 1.29 is 22.3 Å². The van der Waals surface area contributed by atoms with Crippen molar-refractivity contribution in [1.29, 1.82) is 5.41 Å². The first-order chi connectivity index (χ1) is 13.9. The number of carbonyl (C=O) groups is 1. The van der Waals surface area contributed by atoms with Gasteiger partial charge in [-0.05, 0) is 39.8 Å². The van der Waals surface area contributed by atoms with E-state index in [1.54, 1.807) is 6.92 Å². The number of amides is 1. The average molecular weight is 441 g/mol. The smallest absolute Gasteiger partial charge is 0.276 e. The van der Waals surface area contributed by atoms with Gasteiger partial charge in [0, 0.05) is 7.11 Å². The summed E-state index contributed by atoms with van der Waals surface area (Å²) in [5.74, 6) is -2.14. The third-order valence-electron chi connectivity index (χ3n) is 4.74. The molecular formula is C18H25FN6O4S. The fraction of sp³-hybridized carbons (Fsp3) is 0.500. The van der Waals surface area contributed by atoms with Crippen LogP contribution in [0.15, 0.2) is 34.1 Å². The van der Waals surface area contributed by atoms with E-state index in [1.165, 1.54) is 40.0 Å². The number of carbonyl (C=O) groups excluding carboxylic acids is 1. The number of rotatable bonds is 6. The van der Waals surface area contributed by atoms with E-state index in [4.69, 9.17) is 10.1 Å². The molecule has 1 aromatic heterocycles.